The van der Waals surface area contributed by atoms with E-state index in [4.69, 9.17) is 18.6 Å². The third kappa shape index (κ3) is 7.61. The monoisotopic (exact) mass is 547 g/mol. The van der Waals surface area contributed by atoms with Crippen molar-refractivity contribution in [2.45, 2.75) is 51.4 Å². The molecule has 0 aromatic carbocycles. The number of fused-ring (bicyclic) bond motifs is 1. The van der Waals surface area contributed by atoms with Crippen LogP contribution < -0.4 is 5.32 Å². The van der Waals surface area contributed by atoms with Gasteiger partial charge in [0, 0.05) is 12.5 Å². The molecule has 5 atom stereocenters. The fraction of sp³-hybridized carbons (Fsp3) is 0.538. The Bertz CT molecular complexity index is 1010. The summed E-state index contributed by atoms with van der Waals surface area (Å²) in [5.74, 6) is -2.30. The molecule has 0 aromatic heterocycles. The van der Waals surface area contributed by atoms with Gasteiger partial charge in [-0.15, -0.1) is 6.58 Å². The molecule has 0 radical (unpaired) electrons. The van der Waals surface area contributed by atoms with Crippen molar-refractivity contribution in [2.75, 3.05) is 26.4 Å². The molecule has 208 valence electrons. The molecular formula is C26H37N3O8Si. The second kappa shape index (κ2) is 14.0. The van der Waals surface area contributed by atoms with Crippen LogP contribution in [0.1, 0.15) is 13.3 Å². The van der Waals surface area contributed by atoms with Gasteiger partial charge in [-0.25, -0.2) is 14.4 Å². The van der Waals surface area contributed by atoms with Crippen molar-refractivity contribution in [2.24, 2.45) is 16.8 Å². The van der Waals surface area contributed by atoms with Gasteiger partial charge in [-0.2, -0.15) is 4.99 Å². The maximum Gasteiger partial charge on any atom is 0.407 e. The van der Waals surface area contributed by atoms with Crippen LogP contribution in [-0.2, 0) is 33.0 Å². The molecule has 0 saturated carbocycles. The number of hydrogen-bond acceptors (Lipinski definition) is 9. The zero-order chi connectivity index (χ0) is 28.5. The van der Waals surface area contributed by atoms with Gasteiger partial charge in [0.2, 0.25) is 12.0 Å². The van der Waals surface area contributed by atoms with Crippen molar-refractivity contribution in [3.05, 3.63) is 49.2 Å². The van der Waals surface area contributed by atoms with Gasteiger partial charge in [-0.3, -0.25) is 4.79 Å². The zero-order valence-corrected chi connectivity index (χ0v) is 23.4. The van der Waals surface area contributed by atoms with E-state index in [0.717, 1.165) is 0 Å². The number of ether oxygens (including phenoxy) is 3. The fourth-order valence-electron chi connectivity index (χ4n) is 4.68. The molecular weight excluding hydrogens is 510 g/mol. The Morgan fingerprint density at radius 2 is 1.79 bits per heavy atom. The van der Waals surface area contributed by atoms with Crippen LogP contribution in [-0.4, -0.2) is 82.0 Å². The van der Waals surface area contributed by atoms with Crippen molar-refractivity contribution in [1.29, 1.82) is 0 Å². The molecule has 1 N–H and O–H groups in total. The molecule has 1 fully saturated rings. The number of rotatable bonds is 16. The maximum absolute atomic E-state index is 13.3. The van der Waals surface area contributed by atoms with Crippen LogP contribution in [0.3, 0.4) is 0 Å². The molecule has 11 nitrogen and oxygen atoms in total. The van der Waals surface area contributed by atoms with Gasteiger partial charge in [0.05, 0.1) is 24.7 Å². The zero-order valence-electron chi connectivity index (χ0n) is 22.4. The van der Waals surface area contributed by atoms with E-state index in [9.17, 15) is 19.2 Å². The smallest absolute Gasteiger partial charge is 0.407 e. The molecule has 2 rings (SSSR count). The molecule has 0 aliphatic carbocycles. The van der Waals surface area contributed by atoms with Gasteiger partial charge < -0.3 is 28.9 Å². The van der Waals surface area contributed by atoms with Crippen molar-refractivity contribution in [1.82, 2.24) is 10.2 Å². The highest BCUT2D eigenvalue weighted by Gasteiger charge is 2.58. The number of aliphatic imine (C=N–C) groups is 1. The molecule has 38 heavy (non-hydrogen) atoms. The molecule has 2 aliphatic rings. The van der Waals surface area contributed by atoms with Crippen LogP contribution in [0.15, 0.2) is 54.2 Å². The lowest BCUT2D eigenvalue weighted by molar-refractivity contribution is -0.161. The average molecular weight is 548 g/mol. The lowest BCUT2D eigenvalue weighted by Crippen LogP contribution is -2.63. The first kappa shape index (κ1) is 30.9. The van der Waals surface area contributed by atoms with Crippen LogP contribution in [0, 0.1) is 11.8 Å². The van der Waals surface area contributed by atoms with Gasteiger partial charge in [-0.05, 0) is 38.6 Å². The number of amides is 2. The number of nitrogens with one attached hydrogen (secondary N) is 1. The minimum atomic E-state index is -1.96. The normalized spacial score (nSPS) is 20.7. The van der Waals surface area contributed by atoms with Crippen LogP contribution in [0.4, 0.5) is 4.79 Å². The Labute approximate surface area is 224 Å². The molecule has 0 spiro atoms. The first-order valence-electron chi connectivity index (χ1n) is 12.3. The van der Waals surface area contributed by atoms with Crippen LogP contribution in [0.2, 0.25) is 19.6 Å². The summed E-state index contributed by atoms with van der Waals surface area (Å²) >= 11 is 0. The average Bonchev–Trinajstić information content (AvgIpc) is 3.18. The topological polar surface area (TPSA) is 133 Å². The Hall–Kier alpha value is -3.31. The SMILES string of the molecule is C=CCOC(=O)NCC(C1=C(C(=O)OCC=C)N2C(=O)[C@H]([C@@H](C)O[Si](C)(C)C)[C@H]2C1)C(N=C=O)OCC=C. The number of carbonyl (C=O) groups excluding carboxylic acids is 4. The largest absolute Gasteiger partial charge is 0.457 e. The Kier molecular flexibility index (Phi) is 11.4. The summed E-state index contributed by atoms with van der Waals surface area (Å²) in [5.41, 5.74) is 0.495. The third-order valence-electron chi connectivity index (χ3n) is 5.97. The standard InChI is InChI=1S/C26H37N3O8Si/c1-8-11-34-23(28-16-30)19(15-27-26(33)36-13-10-3)18-14-20-21(17(4)37-38(5,6)7)24(31)29(20)22(18)25(32)35-12-9-2/h8-10,17,19-21,23H,1-3,11-15H2,4-7H3,(H,27,33)/t17-,19?,20-,21-,23?/m1/s1. The van der Waals surface area contributed by atoms with Gasteiger partial charge in [-0.1, -0.05) is 31.4 Å². The van der Waals surface area contributed by atoms with E-state index in [1.165, 1.54) is 29.2 Å². The summed E-state index contributed by atoms with van der Waals surface area (Å²) in [5, 5.41) is 2.61. The van der Waals surface area contributed by atoms with Crippen molar-refractivity contribution >= 4 is 32.4 Å². The molecule has 0 bridgehead atoms. The summed E-state index contributed by atoms with van der Waals surface area (Å²) in [6.07, 6.45) is 3.82. The van der Waals surface area contributed by atoms with E-state index in [-0.39, 0.29) is 56.5 Å². The van der Waals surface area contributed by atoms with E-state index in [1.807, 2.05) is 26.6 Å². The first-order valence-corrected chi connectivity index (χ1v) is 15.7. The molecule has 2 amide bonds. The quantitative estimate of drug-likeness (QED) is 0.0779. The molecule has 2 heterocycles. The number of alkyl carbamates (subject to hydrolysis) is 1. The summed E-state index contributed by atoms with van der Waals surface area (Å²) < 4.78 is 22.2. The number of esters is 1. The highest BCUT2D eigenvalue weighted by molar-refractivity contribution is 6.69. The van der Waals surface area contributed by atoms with Gasteiger partial charge >= 0.3 is 12.1 Å². The minimum Gasteiger partial charge on any atom is -0.457 e. The lowest BCUT2D eigenvalue weighted by atomic mass is 9.81. The van der Waals surface area contributed by atoms with Crippen molar-refractivity contribution in [3.8, 4) is 0 Å². The summed E-state index contributed by atoms with van der Waals surface area (Å²) in [4.78, 5) is 55.2. The number of hydrogen-bond donors (Lipinski definition) is 1. The second-order valence-electron chi connectivity index (χ2n) is 9.81. The number of nitrogens with zero attached hydrogens (tertiary/aromatic N) is 2. The van der Waals surface area contributed by atoms with Gasteiger partial charge in [0.1, 0.15) is 18.9 Å². The highest BCUT2D eigenvalue weighted by atomic mass is 28.4. The van der Waals surface area contributed by atoms with Crippen LogP contribution in [0.25, 0.3) is 0 Å². The Balaban J connectivity index is 2.50. The van der Waals surface area contributed by atoms with Crippen molar-refractivity contribution < 1.29 is 37.8 Å². The van der Waals surface area contributed by atoms with E-state index < -0.39 is 38.4 Å². The number of carbonyl (C=O) groups is 3. The van der Waals surface area contributed by atoms with E-state index in [2.05, 4.69) is 30.0 Å². The Morgan fingerprint density at radius 1 is 1.16 bits per heavy atom. The van der Waals surface area contributed by atoms with Gasteiger partial charge in [0.25, 0.3) is 0 Å². The molecule has 2 aliphatic heterocycles. The van der Waals surface area contributed by atoms with Crippen molar-refractivity contribution in [3.63, 3.8) is 0 Å². The third-order valence-corrected chi connectivity index (χ3v) is 7.05. The summed E-state index contributed by atoms with van der Waals surface area (Å²) in [6.45, 7) is 18.5. The van der Waals surface area contributed by atoms with E-state index in [1.54, 1.807) is 0 Å². The Morgan fingerprint density at radius 3 is 2.37 bits per heavy atom. The second-order valence-corrected chi connectivity index (χ2v) is 14.3. The van der Waals surface area contributed by atoms with E-state index in [0.29, 0.717) is 5.57 Å². The lowest BCUT2D eigenvalue weighted by Gasteiger charge is -2.47. The molecule has 1 saturated heterocycles. The molecule has 2 unspecified atom stereocenters. The minimum absolute atomic E-state index is 0.0117. The predicted octanol–water partition coefficient (Wildman–Crippen LogP) is 2.83. The predicted molar refractivity (Wildman–Crippen MR) is 142 cm³/mol. The van der Waals surface area contributed by atoms with Gasteiger partial charge in [0.15, 0.2) is 14.5 Å². The summed E-state index contributed by atoms with van der Waals surface area (Å²) in [7, 11) is -1.96. The highest BCUT2D eigenvalue weighted by Crippen LogP contribution is 2.47. The van der Waals surface area contributed by atoms with E-state index >= 15 is 0 Å². The van der Waals surface area contributed by atoms with Crippen LogP contribution in [0.5, 0.6) is 0 Å². The maximum atomic E-state index is 13.3. The molecule has 0 aromatic rings. The number of β-lactam (4-membered cyclic amide) rings is 1. The van der Waals surface area contributed by atoms with Crippen LogP contribution >= 0.6 is 0 Å². The fourth-order valence-corrected chi connectivity index (χ4v) is 5.94. The molecule has 12 heteroatoms. The summed E-state index contributed by atoms with van der Waals surface area (Å²) in [6, 6.07) is -0.370. The first-order chi connectivity index (χ1) is 18.0. The number of isocyanates is 1.